The van der Waals surface area contributed by atoms with E-state index in [4.69, 9.17) is 30.6 Å². The molecule has 0 spiro atoms. The first-order valence-corrected chi connectivity index (χ1v) is 20.7. The first-order valence-electron chi connectivity index (χ1n) is 23.2. The first kappa shape index (κ1) is 30.4. The van der Waals surface area contributed by atoms with Gasteiger partial charge in [-0.25, -0.2) is 15.0 Å². The van der Waals surface area contributed by atoms with Crippen LogP contribution in [0.2, 0.25) is 0 Å². The number of aromatic nitrogens is 4. The van der Waals surface area contributed by atoms with E-state index < -0.39 is 30.2 Å². The molecule has 0 saturated carbocycles. The molecule has 6 nitrogen and oxygen atoms in total. The van der Waals surface area contributed by atoms with Gasteiger partial charge >= 0.3 is 0 Å². The summed E-state index contributed by atoms with van der Waals surface area (Å²) < 4.78 is 59.3. The van der Waals surface area contributed by atoms with Crippen LogP contribution in [0, 0.1) is 0 Å². The second-order valence-corrected chi connectivity index (χ2v) is 15.6. The molecule has 6 heteroatoms. The number of hydrogen-bond acceptors (Lipinski definition) is 5. The van der Waals surface area contributed by atoms with Crippen molar-refractivity contribution in [2.45, 2.75) is 0 Å². The summed E-state index contributed by atoms with van der Waals surface area (Å²) in [5.74, 6) is 0.342. The Kier molecular flexibility index (Phi) is 6.75. The highest BCUT2D eigenvalue weighted by molar-refractivity contribution is 6.14. The molecule has 0 radical (unpaired) electrons. The van der Waals surface area contributed by atoms with Crippen LogP contribution >= 0.6 is 0 Å². The molecule has 9 aromatic carbocycles. The molecule has 0 saturated heterocycles. The standard InChI is InChI=1S/C57H34N4O2/c1-3-15-35(16-4-1)37-29-30-52-46(32-37)47-33-40(61-49-26-10-7-21-42(49)43-22-8-11-27-50(43)61)34-48(54(47)63-52)57-59-55(36-17-5-2-6-18-36)58-56(60-57)39-20-13-19-38(31-39)41-24-14-25-45-44-23-9-12-28-51(44)62-53(41)45/h1-34H/i2D,5D,6D,17D,18D. The zero-order chi connectivity index (χ0) is 45.8. The molecule has 13 aromatic rings. The van der Waals surface area contributed by atoms with E-state index in [0.717, 1.165) is 82.5 Å². The minimum atomic E-state index is -0.511. The zero-order valence-corrected chi connectivity index (χ0v) is 33.3. The summed E-state index contributed by atoms with van der Waals surface area (Å²) in [5.41, 5.74) is 10.3. The van der Waals surface area contributed by atoms with Gasteiger partial charge in [0.05, 0.1) is 23.5 Å². The predicted molar refractivity (Wildman–Crippen MR) is 256 cm³/mol. The van der Waals surface area contributed by atoms with Crippen molar-refractivity contribution < 1.29 is 15.7 Å². The minimum Gasteiger partial charge on any atom is -0.455 e. The van der Waals surface area contributed by atoms with E-state index in [1.54, 1.807) is 0 Å². The number of para-hydroxylation sites is 4. The Balaban J connectivity index is 1.10. The number of benzene rings is 9. The molecule has 4 heterocycles. The highest BCUT2D eigenvalue weighted by Gasteiger charge is 2.22. The lowest BCUT2D eigenvalue weighted by atomic mass is 10.00. The monoisotopic (exact) mass is 811 g/mol. The van der Waals surface area contributed by atoms with Gasteiger partial charge in [0.2, 0.25) is 0 Å². The highest BCUT2D eigenvalue weighted by Crippen LogP contribution is 2.42. The molecule has 294 valence electrons. The largest absolute Gasteiger partial charge is 0.455 e. The summed E-state index contributed by atoms with van der Waals surface area (Å²) in [7, 11) is 0. The van der Waals surface area contributed by atoms with Crippen LogP contribution < -0.4 is 0 Å². The summed E-state index contributed by atoms with van der Waals surface area (Å²) in [6.45, 7) is 0. The third kappa shape index (κ3) is 5.69. The summed E-state index contributed by atoms with van der Waals surface area (Å²) in [4.78, 5) is 15.2. The van der Waals surface area contributed by atoms with Gasteiger partial charge in [0.25, 0.3) is 0 Å². The van der Waals surface area contributed by atoms with Crippen molar-refractivity contribution in [3.05, 3.63) is 206 Å². The van der Waals surface area contributed by atoms with Crippen molar-refractivity contribution in [3.8, 4) is 62.1 Å². The Labute approximate surface area is 368 Å². The third-order valence-corrected chi connectivity index (χ3v) is 11.9. The normalized spacial score (nSPS) is 12.9. The van der Waals surface area contributed by atoms with E-state index in [0.29, 0.717) is 22.3 Å². The average molecular weight is 812 g/mol. The lowest BCUT2D eigenvalue weighted by Gasteiger charge is -2.13. The molecule has 0 bridgehead atoms. The van der Waals surface area contributed by atoms with Gasteiger partial charge in [-0.2, -0.15) is 0 Å². The Morgan fingerprint density at radius 2 is 0.968 bits per heavy atom. The molecule has 0 atom stereocenters. The van der Waals surface area contributed by atoms with Gasteiger partial charge in [0.15, 0.2) is 17.5 Å². The van der Waals surface area contributed by atoms with Gasteiger partial charge in [-0.3, -0.25) is 0 Å². The summed E-state index contributed by atoms with van der Waals surface area (Å²) in [6, 6.07) is 56.6. The fraction of sp³-hybridized carbons (Fsp3) is 0. The van der Waals surface area contributed by atoms with Crippen molar-refractivity contribution in [1.29, 1.82) is 0 Å². The van der Waals surface area contributed by atoms with E-state index in [2.05, 4.69) is 53.1 Å². The molecule has 63 heavy (non-hydrogen) atoms. The Morgan fingerprint density at radius 1 is 0.365 bits per heavy atom. The lowest BCUT2D eigenvalue weighted by Crippen LogP contribution is -2.01. The van der Waals surface area contributed by atoms with Crippen LogP contribution in [0.15, 0.2) is 215 Å². The van der Waals surface area contributed by atoms with Crippen LogP contribution in [0.5, 0.6) is 0 Å². The number of rotatable bonds is 6. The molecular weight excluding hydrogens is 773 g/mol. The average Bonchev–Trinajstić information content (AvgIpc) is 4.07. The minimum absolute atomic E-state index is 0.0790. The van der Waals surface area contributed by atoms with Gasteiger partial charge in [-0.1, -0.05) is 158 Å². The van der Waals surface area contributed by atoms with Gasteiger partial charge < -0.3 is 13.4 Å². The summed E-state index contributed by atoms with van der Waals surface area (Å²) >= 11 is 0. The van der Waals surface area contributed by atoms with Gasteiger partial charge in [0, 0.05) is 54.7 Å². The van der Waals surface area contributed by atoms with Gasteiger partial charge in [0.1, 0.15) is 22.3 Å². The summed E-state index contributed by atoms with van der Waals surface area (Å²) in [6.07, 6.45) is 0. The van der Waals surface area contributed by atoms with Crippen LogP contribution in [-0.4, -0.2) is 19.5 Å². The Bertz CT molecular complexity index is 4150. The maximum atomic E-state index is 9.06. The third-order valence-electron chi connectivity index (χ3n) is 11.9. The number of furan rings is 2. The molecule has 0 fully saturated rings. The van der Waals surface area contributed by atoms with Crippen molar-refractivity contribution in [2.75, 3.05) is 0 Å². The van der Waals surface area contributed by atoms with Crippen LogP contribution in [0.3, 0.4) is 0 Å². The SMILES string of the molecule is [2H]c1c([2H])c([2H])c(-c2nc(-c3cccc(-c4cccc5c4oc4ccccc45)c3)nc(-c3cc(-n4c5ccccc5c5ccccc54)cc4c3oc3ccc(-c5ccccc5)cc34)n2)c([2H])c1[2H]. The van der Waals surface area contributed by atoms with E-state index >= 15 is 0 Å². The maximum absolute atomic E-state index is 9.06. The van der Waals surface area contributed by atoms with Crippen LogP contribution in [-0.2, 0) is 0 Å². The van der Waals surface area contributed by atoms with Gasteiger partial charge in [-0.05, 0) is 65.2 Å². The van der Waals surface area contributed by atoms with Crippen LogP contribution in [0.25, 0.3) is 128 Å². The lowest BCUT2D eigenvalue weighted by molar-refractivity contribution is 0.669. The molecule has 0 aliphatic heterocycles. The van der Waals surface area contributed by atoms with Crippen molar-refractivity contribution >= 4 is 65.7 Å². The highest BCUT2D eigenvalue weighted by atomic mass is 16.3. The van der Waals surface area contributed by atoms with Crippen LogP contribution in [0.1, 0.15) is 6.85 Å². The molecule has 4 aromatic heterocycles. The number of hydrogen-bond donors (Lipinski definition) is 0. The Hall–Kier alpha value is -8.61. The Morgan fingerprint density at radius 3 is 1.76 bits per heavy atom. The van der Waals surface area contributed by atoms with E-state index in [1.165, 1.54) is 0 Å². The molecule has 13 rings (SSSR count). The number of nitrogens with zero attached hydrogens (tertiary/aromatic N) is 4. The van der Waals surface area contributed by atoms with Crippen molar-refractivity contribution in [1.82, 2.24) is 19.5 Å². The van der Waals surface area contributed by atoms with E-state index in [1.807, 2.05) is 127 Å². The van der Waals surface area contributed by atoms with Gasteiger partial charge in [-0.15, -0.1) is 0 Å². The quantitative estimate of drug-likeness (QED) is 0.167. The van der Waals surface area contributed by atoms with Crippen molar-refractivity contribution in [2.24, 2.45) is 0 Å². The fourth-order valence-electron chi connectivity index (χ4n) is 9.07. The number of fused-ring (bicyclic) bond motifs is 9. The molecule has 0 aliphatic rings. The van der Waals surface area contributed by atoms with E-state index in [9.17, 15) is 0 Å². The second-order valence-electron chi connectivity index (χ2n) is 15.6. The predicted octanol–water partition coefficient (Wildman–Crippen LogP) is 15.1. The fourth-order valence-corrected chi connectivity index (χ4v) is 9.07. The summed E-state index contributed by atoms with van der Waals surface area (Å²) in [5, 5.41) is 5.90. The first-order chi connectivity index (χ1) is 33.3. The zero-order valence-electron chi connectivity index (χ0n) is 38.3. The molecule has 0 N–H and O–H groups in total. The smallest absolute Gasteiger partial charge is 0.167 e. The maximum Gasteiger partial charge on any atom is 0.167 e. The molecule has 0 unspecified atom stereocenters. The van der Waals surface area contributed by atoms with Crippen LogP contribution in [0.4, 0.5) is 0 Å². The van der Waals surface area contributed by atoms with E-state index in [-0.39, 0.29) is 23.0 Å². The molecular formula is C57H34N4O2. The second kappa shape index (κ2) is 14.0. The molecule has 0 amide bonds. The van der Waals surface area contributed by atoms with Crippen molar-refractivity contribution in [3.63, 3.8) is 0 Å². The topological polar surface area (TPSA) is 69.9 Å². The molecule has 0 aliphatic carbocycles.